The Morgan fingerprint density at radius 1 is 1.09 bits per heavy atom. The fourth-order valence-corrected chi connectivity index (χ4v) is 8.48. The van der Waals surface area contributed by atoms with Gasteiger partial charge in [-0.25, -0.2) is 0 Å². The third-order valence-electron chi connectivity index (χ3n) is 10.2. The van der Waals surface area contributed by atoms with E-state index in [1.54, 1.807) is 0 Å². The Morgan fingerprint density at radius 3 is 2.53 bits per heavy atom. The molecule has 4 aliphatic carbocycles. The van der Waals surface area contributed by atoms with Gasteiger partial charge in [0.15, 0.2) is 5.78 Å². The minimum absolute atomic E-state index is 0.0867. The maximum absolute atomic E-state index is 12.3. The highest BCUT2D eigenvalue weighted by molar-refractivity contribution is 5.91. The lowest BCUT2D eigenvalue weighted by atomic mass is 9.43. The van der Waals surface area contributed by atoms with Crippen LogP contribution in [0, 0.1) is 40.4 Å². The fraction of sp³-hybridized carbons (Fsp3) is 0.633. The molecule has 0 aliphatic heterocycles. The van der Waals surface area contributed by atoms with Gasteiger partial charge in [-0.05, 0) is 98.2 Å². The van der Waals surface area contributed by atoms with Crippen molar-refractivity contribution in [3.63, 3.8) is 0 Å². The van der Waals surface area contributed by atoms with Crippen molar-refractivity contribution in [3.8, 4) is 11.8 Å². The Bertz CT molecular complexity index is 1010. The minimum atomic E-state index is -0.890. The largest absolute Gasteiger partial charge is 0.377 e. The maximum atomic E-state index is 12.3. The second-order valence-electron chi connectivity index (χ2n) is 11.5. The smallest absolute Gasteiger partial charge is 0.155 e. The molecule has 3 saturated carbocycles. The van der Waals surface area contributed by atoms with Gasteiger partial charge in [-0.2, -0.15) is 0 Å². The number of hydrogen-bond acceptors (Lipinski definition) is 2. The van der Waals surface area contributed by atoms with Crippen molar-refractivity contribution in [1.82, 2.24) is 0 Å². The highest BCUT2D eigenvalue weighted by Crippen LogP contribution is 2.70. The summed E-state index contributed by atoms with van der Waals surface area (Å²) in [4.78, 5) is 12.3. The molecule has 0 aromatic heterocycles. The van der Waals surface area contributed by atoms with Crippen LogP contribution in [0.4, 0.5) is 0 Å². The Morgan fingerprint density at radius 2 is 1.84 bits per heavy atom. The van der Waals surface area contributed by atoms with Gasteiger partial charge in [-0.3, -0.25) is 4.79 Å². The number of rotatable bonds is 2. The van der Waals surface area contributed by atoms with Gasteiger partial charge in [0.25, 0.3) is 0 Å². The SMILES string of the molecule is CC#C[C@]1(O)CC[C@H]2[C@@H]3CCC4=CC(=O)CC[C@]4(C)[C@H]3[C@@H](c3ccc(CC)cc3)C[C@@]21C. The molecule has 0 unspecified atom stereocenters. The number of carbonyl (C=O) groups is 1. The van der Waals surface area contributed by atoms with Gasteiger partial charge in [-0.15, -0.1) is 5.92 Å². The van der Waals surface area contributed by atoms with E-state index in [1.165, 1.54) is 16.7 Å². The van der Waals surface area contributed by atoms with Crippen molar-refractivity contribution in [3.05, 3.63) is 47.0 Å². The van der Waals surface area contributed by atoms with E-state index in [9.17, 15) is 9.90 Å². The number of allylic oxidation sites excluding steroid dienone is 1. The number of hydrogen-bond donors (Lipinski definition) is 1. The topological polar surface area (TPSA) is 37.3 Å². The summed E-state index contributed by atoms with van der Waals surface area (Å²) in [6, 6.07) is 9.27. The van der Waals surface area contributed by atoms with E-state index < -0.39 is 5.60 Å². The number of benzene rings is 1. The Kier molecular flexibility index (Phi) is 5.21. The maximum Gasteiger partial charge on any atom is 0.155 e. The molecular weight excluding hydrogens is 392 g/mol. The number of ketones is 1. The predicted molar refractivity (Wildman–Crippen MR) is 129 cm³/mol. The third kappa shape index (κ3) is 3.00. The van der Waals surface area contributed by atoms with Crippen LogP contribution in [-0.2, 0) is 11.2 Å². The van der Waals surface area contributed by atoms with E-state index in [2.05, 4.69) is 56.9 Å². The van der Waals surface area contributed by atoms with Crippen molar-refractivity contribution in [2.45, 2.75) is 90.6 Å². The number of aliphatic hydroxyl groups is 1. The van der Waals surface area contributed by atoms with Crippen molar-refractivity contribution in [1.29, 1.82) is 0 Å². The van der Waals surface area contributed by atoms with Crippen LogP contribution in [0.15, 0.2) is 35.9 Å². The van der Waals surface area contributed by atoms with Crippen LogP contribution in [0.1, 0.15) is 89.7 Å². The first-order valence-electron chi connectivity index (χ1n) is 12.7. The van der Waals surface area contributed by atoms with E-state index in [4.69, 9.17) is 0 Å². The van der Waals surface area contributed by atoms with E-state index in [-0.39, 0.29) is 10.8 Å². The monoisotopic (exact) mass is 430 g/mol. The quantitative estimate of drug-likeness (QED) is 0.565. The van der Waals surface area contributed by atoms with E-state index in [0.717, 1.165) is 44.9 Å². The number of aryl methyl sites for hydroxylation is 1. The van der Waals surface area contributed by atoms with Crippen LogP contribution >= 0.6 is 0 Å². The van der Waals surface area contributed by atoms with Gasteiger partial charge in [0, 0.05) is 11.8 Å². The molecule has 1 N–H and O–H groups in total. The minimum Gasteiger partial charge on any atom is -0.377 e. The van der Waals surface area contributed by atoms with E-state index in [1.807, 2.05) is 13.0 Å². The van der Waals surface area contributed by atoms with Gasteiger partial charge in [0.2, 0.25) is 0 Å². The molecule has 170 valence electrons. The standard InChI is InChI=1S/C30H38O2/c1-5-15-30(32)17-14-26-24-12-11-22-18-23(31)13-16-28(22,3)27(24)25(19-29(26,30)4)21-9-7-20(6-2)8-10-21/h7-10,18,24-27,32H,6,11-14,16-17,19H2,1-4H3/t24-,25+,26-,27+,28-,29-,30-/m0/s1. The van der Waals surface area contributed by atoms with Gasteiger partial charge < -0.3 is 5.11 Å². The van der Waals surface area contributed by atoms with Crippen molar-refractivity contribution in [2.24, 2.45) is 28.6 Å². The van der Waals surface area contributed by atoms with Crippen LogP contribution < -0.4 is 0 Å². The zero-order valence-electron chi connectivity index (χ0n) is 20.2. The van der Waals surface area contributed by atoms with Crippen LogP contribution in [0.3, 0.4) is 0 Å². The number of fused-ring (bicyclic) bond motifs is 5. The summed E-state index contributed by atoms with van der Waals surface area (Å²) in [6.45, 7) is 8.85. The summed E-state index contributed by atoms with van der Waals surface area (Å²) < 4.78 is 0. The molecule has 4 aliphatic rings. The molecule has 32 heavy (non-hydrogen) atoms. The predicted octanol–water partition coefficient (Wildman–Crippen LogP) is 6.23. The summed E-state index contributed by atoms with van der Waals surface area (Å²) in [5, 5.41) is 11.8. The summed E-state index contributed by atoms with van der Waals surface area (Å²) >= 11 is 0. The second kappa shape index (κ2) is 7.59. The average molecular weight is 431 g/mol. The molecule has 0 spiro atoms. The third-order valence-corrected chi connectivity index (χ3v) is 10.2. The molecule has 0 bridgehead atoms. The van der Waals surface area contributed by atoms with Crippen LogP contribution in [-0.4, -0.2) is 16.5 Å². The molecule has 1 aromatic rings. The van der Waals surface area contributed by atoms with Crippen LogP contribution in [0.5, 0.6) is 0 Å². The fourth-order valence-electron chi connectivity index (χ4n) is 8.48. The van der Waals surface area contributed by atoms with Crippen molar-refractivity contribution >= 4 is 5.78 Å². The first-order chi connectivity index (χ1) is 15.3. The molecule has 7 atom stereocenters. The second-order valence-corrected chi connectivity index (χ2v) is 11.5. The van der Waals surface area contributed by atoms with Gasteiger partial charge in [0.05, 0.1) is 0 Å². The molecule has 0 saturated heterocycles. The lowest BCUT2D eigenvalue weighted by molar-refractivity contribution is -0.122. The molecule has 0 radical (unpaired) electrons. The molecule has 2 heteroatoms. The Labute approximate surface area is 193 Å². The molecule has 0 amide bonds. The van der Waals surface area contributed by atoms with Gasteiger partial charge in [0.1, 0.15) is 5.60 Å². The lowest BCUT2D eigenvalue weighted by Gasteiger charge is -2.61. The summed E-state index contributed by atoms with van der Waals surface area (Å²) in [7, 11) is 0. The van der Waals surface area contributed by atoms with E-state index in [0.29, 0.717) is 35.9 Å². The van der Waals surface area contributed by atoms with Crippen LogP contribution in [0.25, 0.3) is 0 Å². The molecule has 3 fully saturated rings. The summed E-state index contributed by atoms with van der Waals surface area (Å²) in [6.07, 6.45) is 9.72. The zero-order valence-corrected chi connectivity index (χ0v) is 20.2. The highest BCUT2D eigenvalue weighted by atomic mass is 16.3. The van der Waals surface area contributed by atoms with Crippen LogP contribution in [0.2, 0.25) is 0 Å². The molecular formula is C30H38O2. The average Bonchev–Trinajstić information content (AvgIpc) is 3.04. The Balaban J connectivity index is 1.65. The van der Waals surface area contributed by atoms with E-state index >= 15 is 0 Å². The molecule has 0 heterocycles. The summed E-state index contributed by atoms with van der Waals surface area (Å²) in [5.74, 6) is 8.63. The Hall–Kier alpha value is -1.85. The van der Waals surface area contributed by atoms with Crippen molar-refractivity contribution in [2.75, 3.05) is 0 Å². The van der Waals surface area contributed by atoms with Gasteiger partial charge >= 0.3 is 0 Å². The summed E-state index contributed by atoms with van der Waals surface area (Å²) in [5.41, 5.74) is 3.19. The highest BCUT2D eigenvalue weighted by Gasteiger charge is 2.66. The molecule has 2 nitrogen and oxygen atoms in total. The molecule has 1 aromatic carbocycles. The first-order valence-corrected chi connectivity index (χ1v) is 12.7. The number of carbonyl (C=O) groups excluding carboxylic acids is 1. The molecule has 5 rings (SSSR count). The zero-order chi connectivity index (χ0) is 22.7. The van der Waals surface area contributed by atoms with Crippen molar-refractivity contribution < 1.29 is 9.90 Å². The first kappa shape index (κ1) is 22.0. The normalized spacial score (nSPS) is 42.8. The van der Waals surface area contributed by atoms with Gasteiger partial charge in [-0.1, -0.05) is 56.5 Å². The lowest BCUT2D eigenvalue weighted by Crippen LogP contribution is -2.57.